The average Bonchev–Trinajstić information content (AvgIpc) is 2.31. The third kappa shape index (κ3) is 4.84. The molecule has 0 radical (unpaired) electrons. The summed E-state index contributed by atoms with van der Waals surface area (Å²) in [6, 6.07) is -0.385. The molecule has 0 spiro atoms. The number of unbranched alkanes of at least 4 members (excludes halogenated alkanes) is 4. The first kappa shape index (κ1) is 16.0. The lowest BCUT2D eigenvalue weighted by Gasteiger charge is -2.38. The lowest BCUT2D eigenvalue weighted by atomic mass is 9.84. The van der Waals surface area contributed by atoms with E-state index >= 15 is 0 Å². The Bertz CT molecular complexity index is 321. The highest BCUT2D eigenvalue weighted by Crippen LogP contribution is 2.23. The molecule has 1 aliphatic rings. The van der Waals surface area contributed by atoms with Gasteiger partial charge in [-0.15, -0.1) is 0 Å². The molecule has 2 amide bonds. The van der Waals surface area contributed by atoms with Crippen LogP contribution in [0.1, 0.15) is 59.8 Å². The number of hydrogen-bond acceptors (Lipinski definition) is 2. The van der Waals surface area contributed by atoms with Gasteiger partial charge in [0.25, 0.3) is 0 Å². The zero-order valence-corrected chi connectivity index (χ0v) is 12.8. The molecule has 4 heteroatoms. The van der Waals surface area contributed by atoms with Gasteiger partial charge in [0, 0.05) is 6.54 Å². The predicted molar refractivity (Wildman–Crippen MR) is 76.7 cm³/mol. The molecule has 0 aromatic rings. The number of nitrogens with zero attached hydrogens (tertiary/aromatic N) is 1. The highest BCUT2D eigenvalue weighted by Gasteiger charge is 2.39. The van der Waals surface area contributed by atoms with Crippen LogP contribution in [-0.2, 0) is 9.59 Å². The standard InChI is InChI=1S/C15H28N2O2/c1-5-6-7-8-9-10-17-11-12(18)16-13(14(17)19)15(2,3)4/h13H,5-11H2,1-4H3,(H,16,18). The van der Waals surface area contributed by atoms with Gasteiger partial charge in [0.05, 0.1) is 6.54 Å². The first-order valence-corrected chi connectivity index (χ1v) is 7.44. The fraction of sp³-hybridized carbons (Fsp3) is 0.867. The Morgan fingerprint density at radius 3 is 2.37 bits per heavy atom. The number of amides is 2. The van der Waals surface area contributed by atoms with E-state index in [0.717, 1.165) is 12.8 Å². The lowest BCUT2D eigenvalue weighted by molar-refractivity contribution is -0.147. The van der Waals surface area contributed by atoms with Crippen molar-refractivity contribution in [3.8, 4) is 0 Å². The van der Waals surface area contributed by atoms with Crippen LogP contribution in [0.25, 0.3) is 0 Å². The van der Waals surface area contributed by atoms with Crippen LogP contribution in [0.2, 0.25) is 0 Å². The van der Waals surface area contributed by atoms with Crippen LogP contribution in [0.15, 0.2) is 0 Å². The summed E-state index contributed by atoms with van der Waals surface area (Å²) in [6.45, 7) is 9.08. The van der Waals surface area contributed by atoms with Crippen molar-refractivity contribution >= 4 is 11.8 Å². The normalized spacial score (nSPS) is 20.6. The average molecular weight is 268 g/mol. The second-order valence-corrected chi connectivity index (χ2v) is 6.54. The van der Waals surface area contributed by atoms with Crippen LogP contribution in [-0.4, -0.2) is 35.8 Å². The maximum absolute atomic E-state index is 12.3. The van der Waals surface area contributed by atoms with Gasteiger partial charge in [0.15, 0.2) is 0 Å². The van der Waals surface area contributed by atoms with E-state index in [2.05, 4.69) is 12.2 Å². The van der Waals surface area contributed by atoms with Gasteiger partial charge in [-0.2, -0.15) is 0 Å². The second-order valence-electron chi connectivity index (χ2n) is 6.54. The largest absolute Gasteiger partial charge is 0.342 e. The molecule has 0 aliphatic carbocycles. The fourth-order valence-corrected chi connectivity index (χ4v) is 2.38. The third-order valence-electron chi connectivity index (χ3n) is 3.60. The van der Waals surface area contributed by atoms with E-state index < -0.39 is 0 Å². The van der Waals surface area contributed by atoms with Crippen molar-refractivity contribution in [1.29, 1.82) is 0 Å². The summed E-state index contributed by atoms with van der Waals surface area (Å²) < 4.78 is 0. The summed E-state index contributed by atoms with van der Waals surface area (Å²) in [5, 5.41) is 2.82. The minimum Gasteiger partial charge on any atom is -0.342 e. The maximum Gasteiger partial charge on any atom is 0.246 e. The van der Waals surface area contributed by atoms with E-state index in [0.29, 0.717) is 6.54 Å². The quantitative estimate of drug-likeness (QED) is 0.752. The first-order chi connectivity index (χ1) is 8.86. The van der Waals surface area contributed by atoms with E-state index in [9.17, 15) is 9.59 Å². The number of hydrogen-bond donors (Lipinski definition) is 1. The maximum atomic E-state index is 12.3. The summed E-state index contributed by atoms with van der Waals surface area (Å²) in [5.41, 5.74) is -0.229. The first-order valence-electron chi connectivity index (χ1n) is 7.44. The van der Waals surface area contributed by atoms with Gasteiger partial charge in [-0.05, 0) is 11.8 Å². The molecule has 0 aromatic carbocycles. The summed E-state index contributed by atoms with van der Waals surface area (Å²) in [5.74, 6) is 0.0377. The number of nitrogens with one attached hydrogen (secondary N) is 1. The van der Waals surface area contributed by atoms with Crippen molar-refractivity contribution in [2.45, 2.75) is 65.8 Å². The van der Waals surface area contributed by atoms with Crippen molar-refractivity contribution in [2.75, 3.05) is 13.1 Å². The minimum atomic E-state index is -0.385. The van der Waals surface area contributed by atoms with E-state index in [1.807, 2.05) is 20.8 Å². The number of carbonyl (C=O) groups is 2. The topological polar surface area (TPSA) is 49.4 Å². The number of piperazine rings is 1. The highest BCUT2D eigenvalue weighted by molar-refractivity contribution is 5.95. The van der Waals surface area contributed by atoms with E-state index in [1.54, 1.807) is 4.90 Å². The SMILES string of the molecule is CCCCCCCN1CC(=O)NC(C(C)(C)C)C1=O. The van der Waals surface area contributed by atoms with Gasteiger partial charge in [-0.3, -0.25) is 9.59 Å². The molecule has 1 fully saturated rings. The summed E-state index contributed by atoms with van der Waals surface area (Å²) in [7, 11) is 0. The van der Waals surface area contributed by atoms with Gasteiger partial charge in [0.2, 0.25) is 11.8 Å². The Morgan fingerprint density at radius 2 is 1.79 bits per heavy atom. The molecule has 1 rings (SSSR count). The van der Waals surface area contributed by atoms with Crippen molar-refractivity contribution in [3.63, 3.8) is 0 Å². The van der Waals surface area contributed by atoms with Crippen molar-refractivity contribution in [2.24, 2.45) is 5.41 Å². The molecular weight excluding hydrogens is 240 g/mol. The van der Waals surface area contributed by atoms with Crippen LogP contribution >= 0.6 is 0 Å². The molecule has 1 unspecified atom stereocenters. The lowest BCUT2D eigenvalue weighted by Crippen LogP contribution is -2.62. The molecule has 1 aliphatic heterocycles. The molecule has 19 heavy (non-hydrogen) atoms. The van der Waals surface area contributed by atoms with Gasteiger partial charge in [0.1, 0.15) is 6.04 Å². The van der Waals surface area contributed by atoms with Crippen LogP contribution in [0.3, 0.4) is 0 Å². The van der Waals surface area contributed by atoms with Gasteiger partial charge in [-0.1, -0.05) is 53.4 Å². The number of carbonyl (C=O) groups excluding carboxylic acids is 2. The smallest absolute Gasteiger partial charge is 0.246 e. The van der Waals surface area contributed by atoms with E-state index in [-0.39, 0.29) is 29.8 Å². The zero-order chi connectivity index (χ0) is 14.5. The molecule has 1 heterocycles. The molecule has 1 atom stereocenters. The Balaban J connectivity index is 2.48. The van der Waals surface area contributed by atoms with Crippen LogP contribution in [0.5, 0.6) is 0 Å². The fourth-order valence-electron chi connectivity index (χ4n) is 2.38. The van der Waals surface area contributed by atoms with Gasteiger partial charge < -0.3 is 10.2 Å². The summed E-state index contributed by atoms with van der Waals surface area (Å²) in [4.78, 5) is 25.8. The predicted octanol–water partition coefficient (Wildman–Crippen LogP) is 2.33. The molecular formula is C15H28N2O2. The minimum absolute atomic E-state index is 0.0342. The zero-order valence-electron chi connectivity index (χ0n) is 12.8. The highest BCUT2D eigenvalue weighted by atomic mass is 16.2. The molecule has 110 valence electrons. The Hall–Kier alpha value is -1.06. The van der Waals surface area contributed by atoms with E-state index in [1.165, 1.54) is 19.3 Å². The van der Waals surface area contributed by atoms with Crippen molar-refractivity contribution < 1.29 is 9.59 Å². The molecule has 1 N–H and O–H groups in total. The van der Waals surface area contributed by atoms with Gasteiger partial charge in [-0.25, -0.2) is 0 Å². The van der Waals surface area contributed by atoms with Gasteiger partial charge >= 0.3 is 0 Å². The Labute approximate surface area is 116 Å². The molecule has 1 saturated heterocycles. The summed E-state index contributed by atoms with van der Waals surface area (Å²) in [6.07, 6.45) is 5.82. The molecule has 0 saturated carbocycles. The summed E-state index contributed by atoms with van der Waals surface area (Å²) >= 11 is 0. The van der Waals surface area contributed by atoms with Crippen LogP contribution in [0.4, 0.5) is 0 Å². The monoisotopic (exact) mass is 268 g/mol. The second kappa shape index (κ2) is 6.92. The Morgan fingerprint density at radius 1 is 1.16 bits per heavy atom. The molecule has 0 aromatic heterocycles. The van der Waals surface area contributed by atoms with Crippen LogP contribution in [0, 0.1) is 5.41 Å². The van der Waals surface area contributed by atoms with Crippen LogP contribution < -0.4 is 5.32 Å². The molecule has 0 bridgehead atoms. The van der Waals surface area contributed by atoms with Crippen molar-refractivity contribution in [1.82, 2.24) is 10.2 Å². The molecule has 4 nitrogen and oxygen atoms in total. The third-order valence-corrected chi connectivity index (χ3v) is 3.60. The Kier molecular flexibility index (Phi) is 5.83. The van der Waals surface area contributed by atoms with E-state index in [4.69, 9.17) is 0 Å². The van der Waals surface area contributed by atoms with Crippen molar-refractivity contribution in [3.05, 3.63) is 0 Å². The number of rotatable bonds is 6.